The Morgan fingerprint density at radius 2 is 0.917 bits per heavy atom. The van der Waals surface area contributed by atoms with E-state index >= 15 is 0 Å². The Morgan fingerprint density at radius 1 is 0.611 bits per heavy atom. The van der Waals surface area contributed by atoms with E-state index in [2.05, 4.69) is 10.6 Å². The molecule has 4 atom stereocenters. The van der Waals surface area contributed by atoms with Gasteiger partial charge in [-0.2, -0.15) is 0 Å². The van der Waals surface area contributed by atoms with Gasteiger partial charge in [0.2, 0.25) is 12.6 Å². The lowest BCUT2D eigenvalue weighted by atomic mass is 10.2. The van der Waals surface area contributed by atoms with E-state index in [0.29, 0.717) is 0 Å². The molecule has 16 heteroatoms. The summed E-state index contributed by atoms with van der Waals surface area (Å²) >= 11 is 0. The van der Waals surface area contributed by atoms with Crippen LogP contribution in [0.2, 0.25) is 0 Å². The molecule has 0 saturated carbocycles. The molecule has 0 aliphatic rings. The molecule has 206 valence electrons. The quantitative estimate of drug-likeness (QED) is 0.0983. The van der Waals surface area contributed by atoms with Gasteiger partial charge in [0.1, 0.15) is 12.1 Å². The Hall–Kier alpha value is -2.88. The minimum absolute atomic E-state index is 0.186. The van der Waals surface area contributed by atoms with Gasteiger partial charge in [-0.15, -0.1) is 0 Å². The van der Waals surface area contributed by atoms with Gasteiger partial charge < -0.3 is 39.8 Å². The first-order valence-corrected chi connectivity index (χ1v) is 13.2. The molecular weight excluding hydrogens is 524 g/mol. The van der Waals surface area contributed by atoms with E-state index in [1.54, 1.807) is 27.7 Å². The number of amides is 2. The van der Waals surface area contributed by atoms with Crippen molar-refractivity contribution in [3.8, 4) is 0 Å². The van der Waals surface area contributed by atoms with Crippen molar-refractivity contribution in [2.45, 2.75) is 66.2 Å². The van der Waals surface area contributed by atoms with Gasteiger partial charge in [0.25, 0.3) is 0 Å². The number of carboxylic acid groups (broad SMARTS) is 2. The van der Waals surface area contributed by atoms with Crippen molar-refractivity contribution in [3.63, 3.8) is 0 Å². The second kappa shape index (κ2) is 16.7. The third-order valence-corrected chi connectivity index (χ3v) is 6.21. The Bertz CT molecular complexity index is 729. The smallest absolute Gasteiger partial charge is 0.410 e. The van der Waals surface area contributed by atoms with E-state index in [4.69, 9.17) is 18.9 Å². The van der Waals surface area contributed by atoms with E-state index in [1.807, 2.05) is 0 Å². The summed E-state index contributed by atoms with van der Waals surface area (Å²) in [5.74, 6) is -5.24. The van der Waals surface area contributed by atoms with Crippen LogP contribution in [-0.2, 0) is 38.1 Å². The first-order valence-electron chi connectivity index (χ1n) is 10.7. The highest BCUT2D eigenvalue weighted by molar-refractivity contribution is 8.76. The average Bonchev–Trinajstić information content (AvgIpc) is 2.73. The fourth-order valence-corrected chi connectivity index (χ4v) is 4.19. The highest BCUT2D eigenvalue weighted by Gasteiger charge is 2.26. The van der Waals surface area contributed by atoms with Crippen LogP contribution in [0.5, 0.6) is 0 Å². The van der Waals surface area contributed by atoms with Crippen LogP contribution in [0.4, 0.5) is 9.59 Å². The van der Waals surface area contributed by atoms with Crippen LogP contribution < -0.4 is 10.6 Å². The molecule has 0 aliphatic heterocycles. The molecule has 2 amide bonds. The third-order valence-electron chi connectivity index (χ3n) is 3.79. The fraction of sp³-hybridized carbons (Fsp3) is 0.700. The summed E-state index contributed by atoms with van der Waals surface area (Å²) in [5.41, 5.74) is 0. The number of carboxylic acids is 2. The molecule has 14 nitrogen and oxygen atoms in total. The lowest BCUT2D eigenvalue weighted by Gasteiger charge is -2.19. The van der Waals surface area contributed by atoms with Crippen molar-refractivity contribution in [2.75, 3.05) is 11.5 Å². The summed E-state index contributed by atoms with van der Waals surface area (Å²) < 4.78 is 19.3. The monoisotopic (exact) mass is 556 g/mol. The van der Waals surface area contributed by atoms with E-state index in [-0.39, 0.29) is 11.5 Å². The number of hydrogen-bond donors (Lipinski definition) is 4. The molecule has 0 rings (SSSR count). The van der Waals surface area contributed by atoms with Crippen molar-refractivity contribution < 1.29 is 57.9 Å². The predicted octanol–water partition coefficient (Wildman–Crippen LogP) is 1.82. The van der Waals surface area contributed by atoms with Crippen LogP contribution in [-0.4, -0.2) is 82.4 Å². The molecule has 0 saturated heterocycles. The summed E-state index contributed by atoms with van der Waals surface area (Å²) in [7, 11) is 1.84. The SMILES string of the molecule is CC(OC(=O)NC(CSSCC(NC(=O)OC(C)OC(=O)C(C)C)C(=O)O)C(=O)O)OC(=O)C(C)C. The minimum Gasteiger partial charge on any atom is -0.480 e. The number of aliphatic carboxylic acids is 2. The van der Waals surface area contributed by atoms with Crippen molar-refractivity contribution in [2.24, 2.45) is 11.8 Å². The van der Waals surface area contributed by atoms with Gasteiger partial charge in [-0.1, -0.05) is 49.3 Å². The summed E-state index contributed by atoms with van der Waals surface area (Å²) in [4.78, 5) is 69.6. The van der Waals surface area contributed by atoms with Crippen LogP contribution in [0, 0.1) is 11.8 Å². The molecule has 0 aliphatic carbocycles. The van der Waals surface area contributed by atoms with Crippen LogP contribution in [0.25, 0.3) is 0 Å². The van der Waals surface area contributed by atoms with Crippen LogP contribution in [0.15, 0.2) is 0 Å². The number of nitrogens with one attached hydrogen (secondary N) is 2. The third kappa shape index (κ3) is 14.5. The number of carbonyl (C=O) groups excluding carboxylic acids is 4. The molecular formula is C20H32N2O12S2. The summed E-state index contributed by atoms with van der Waals surface area (Å²) in [6.45, 7) is 8.93. The Labute approximate surface area is 215 Å². The molecule has 0 aromatic carbocycles. The zero-order chi connectivity index (χ0) is 28.0. The highest BCUT2D eigenvalue weighted by Crippen LogP contribution is 2.23. The fourth-order valence-electron chi connectivity index (χ4n) is 1.88. The average molecular weight is 557 g/mol. The summed E-state index contributed by atoms with van der Waals surface area (Å²) in [6, 6.07) is -2.80. The van der Waals surface area contributed by atoms with E-state index in [0.717, 1.165) is 21.6 Å². The maximum Gasteiger partial charge on any atom is 0.410 e. The summed E-state index contributed by atoms with van der Waals surface area (Å²) in [5, 5.41) is 22.8. The number of rotatable bonds is 15. The molecule has 0 aromatic rings. The topological polar surface area (TPSA) is 204 Å². The first kappa shape index (κ1) is 33.1. The lowest BCUT2D eigenvalue weighted by Crippen LogP contribution is -2.44. The molecule has 36 heavy (non-hydrogen) atoms. The Balaban J connectivity index is 4.60. The van der Waals surface area contributed by atoms with E-state index in [9.17, 15) is 39.0 Å². The van der Waals surface area contributed by atoms with Crippen molar-refractivity contribution >= 4 is 57.7 Å². The van der Waals surface area contributed by atoms with Gasteiger partial charge in [0, 0.05) is 25.4 Å². The number of carbonyl (C=O) groups is 6. The van der Waals surface area contributed by atoms with Crippen LogP contribution >= 0.6 is 21.6 Å². The summed E-state index contributed by atoms with van der Waals surface area (Å²) in [6.07, 6.45) is -4.74. The normalized spacial score (nSPS) is 14.1. The van der Waals surface area contributed by atoms with Gasteiger partial charge in [-0.05, 0) is 0 Å². The van der Waals surface area contributed by atoms with Crippen molar-refractivity contribution in [1.29, 1.82) is 0 Å². The van der Waals surface area contributed by atoms with Crippen molar-refractivity contribution in [1.82, 2.24) is 10.6 Å². The maximum absolute atomic E-state index is 11.9. The minimum atomic E-state index is -1.40. The van der Waals surface area contributed by atoms with Gasteiger partial charge in [-0.25, -0.2) is 19.2 Å². The molecule has 0 radical (unpaired) electrons. The molecule has 0 spiro atoms. The van der Waals surface area contributed by atoms with Gasteiger partial charge >= 0.3 is 36.1 Å². The van der Waals surface area contributed by atoms with Gasteiger partial charge in [0.05, 0.1) is 11.8 Å². The second-order valence-electron chi connectivity index (χ2n) is 7.77. The largest absolute Gasteiger partial charge is 0.480 e. The molecule has 0 aromatic heterocycles. The Morgan fingerprint density at radius 3 is 1.17 bits per heavy atom. The Kier molecular flexibility index (Phi) is 15.4. The van der Waals surface area contributed by atoms with Gasteiger partial charge in [-0.3, -0.25) is 9.59 Å². The molecule has 4 N–H and O–H groups in total. The first-order chi connectivity index (χ1) is 16.6. The van der Waals surface area contributed by atoms with Gasteiger partial charge in [0.15, 0.2) is 0 Å². The van der Waals surface area contributed by atoms with E-state index in [1.165, 1.54) is 13.8 Å². The lowest BCUT2D eigenvalue weighted by molar-refractivity contribution is -0.170. The predicted molar refractivity (Wildman–Crippen MR) is 128 cm³/mol. The van der Waals surface area contributed by atoms with E-state index < -0.39 is 72.6 Å². The van der Waals surface area contributed by atoms with Crippen LogP contribution in [0.1, 0.15) is 41.5 Å². The molecule has 0 heterocycles. The molecule has 0 fully saturated rings. The zero-order valence-corrected chi connectivity index (χ0v) is 22.3. The van der Waals surface area contributed by atoms with Crippen molar-refractivity contribution in [3.05, 3.63) is 0 Å². The molecule has 0 bridgehead atoms. The standard InChI is InChI=1S/C20H32N2O12S2/c1-9(2)17(27)31-11(5)33-19(29)21-13(15(23)24)7-35-36-8-14(16(25)26)22-20(30)34-12(6)32-18(28)10(3)4/h9-14H,7-8H2,1-6H3,(H,21,29)(H,22,30)(H,23,24)(H,25,26). The number of ether oxygens (including phenoxy) is 4. The number of hydrogen-bond acceptors (Lipinski definition) is 12. The zero-order valence-electron chi connectivity index (χ0n) is 20.7. The second-order valence-corrected chi connectivity index (χ2v) is 10.3. The highest BCUT2D eigenvalue weighted by atomic mass is 33.1. The number of esters is 2. The van der Waals surface area contributed by atoms with Crippen LogP contribution in [0.3, 0.4) is 0 Å². The maximum atomic E-state index is 11.9. The number of alkyl carbamates (subject to hydrolysis) is 2. The molecule has 4 unspecified atom stereocenters.